The summed E-state index contributed by atoms with van der Waals surface area (Å²) in [7, 11) is 0. The molecular weight excluding hydrogens is 196 g/mol. The minimum absolute atomic E-state index is 0.0323. The summed E-state index contributed by atoms with van der Waals surface area (Å²) >= 11 is 5.44. The number of aromatic hydroxyl groups is 2. The Labute approximate surface area is 79.0 Å². The molecule has 0 aliphatic rings. The van der Waals surface area contributed by atoms with Crippen LogP contribution in [0.25, 0.3) is 0 Å². The van der Waals surface area contributed by atoms with E-state index in [0.717, 1.165) is 0 Å². The van der Waals surface area contributed by atoms with Gasteiger partial charge in [-0.15, -0.1) is 11.6 Å². The van der Waals surface area contributed by atoms with Crippen molar-refractivity contribution in [3.8, 4) is 11.5 Å². The van der Waals surface area contributed by atoms with Gasteiger partial charge in [-0.05, 0) is 11.6 Å². The van der Waals surface area contributed by atoms with E-state index in [0.29, 0.717) is 0 Å². The molecule has 4 nitrogen and oxygen atoms in total. The first-order valence-electron chi connectivity index (χ1n) is 3.41. The third kappa shape index (κ3) is 1.67. The maximum absolute atomic E-state index is 10.6. The Hall–Kier alpha value is -1.42. The van der Waals surface area contributed by atoms with Crippen LogP contribution in [0.5, 0.6) is 11.5 Å². The third-order valence-electron chi connectivity index (χ3n) is 1.60. The second kappa shape index (κ2) is 3.53. The fraction of sp³-hybridized carbons (Fsp3) is 0.125. The van der Waals surface area contributed by atoms with E-state index in [9.17, 15) is 9.90 Å². The molecule has 70 valence electrons. The van der Waals surface area contributed by atoms with Gasteiger partial charge in [0.25, 0.3) is 0 Å². The van der Waals surface area contributed by atoms with Gasteiger partial charge in [0.2, 0.25) is 0 Å². The molecule has 0 atom stereocenters. The first-order chi connectivity index (χ1) is 6.07. The number of halogens is 1. The van der Waals surface area contributed by atoms with Crippen LogP contribution in [0.4, 0.5) is 0 Å². The Morgan fingerprint density at radius 1 is 1.38 bits per heavy atom. The quantitative estimate of drug-likeness (QED) is 0.502. The van der Waals surface area contributed by atoms with Gasteiger partial charge < -0.3 is 15.3 Å². The highest BCUT2D eigenvalue weighted by molar-refractivity contribution is 6.17. The zero-order chi connectivity index (χ0) is 10.0. The van der Waals surface area contributed by atoms with Crippen molar-refractivity contribution in [3.63, 3.8) is 0 Å². The van der Waals surface area contributed by atoms with Crippen molar-refractivity contribution >= 4 is 17.6 Å². The second-order valence-electron chi connectivity index (χ2n) is 2.41. The molecular formula is C8H7ClO4. The summed E-state index contributed by atoms with van der Waals surface area (Å²) in [4.78, 5) is 10.6. The van der Waals surface area contributed by atoms with Gasteiger partial charge in [0.15, 0.2) is 11.5 Å². The van der Waals surface area contributed by atoms with E-state index in [2.05, 4.69) is 0 Å². The first kappa shape index (κ1) is 9.67. The lowest BCUT2D eigenvalue weighted by Crippen LogP contribution is -2.01. The highest BCUT2D eigenvalue weighted by Crippen LogP contribution is 2.31. The monoisotopic (exact) mass is 202 g/mol. The number of carboxylic acid groups (broad SMARTS) is 1. The van der Waals surface area contributed by atoms with Crippen molar-refractivity contribution in [3.05, 3.63) is 23.3 Å². The van der Waals surface area contributed by atoms with E-state index in [1.807, 2.05) is 0 Å². The highest BCUT2D eigenvalue weighted by atomic mass is 35.5. The number of phenolic OH excluding ortho intramolecular Hbond substituents is 1. The van der Waals surface area contributed by atoms with E-state index in [1.165, 1.54) is 12.1 Å². The van der Waals surface area contributed by atoms with Gasteiger partial charge in [-0.25, -0.2) is 4.79 Å². The topological polar surface area (TPSA) is 77.8 Å². The van der Waals surface area contributed by atoms with E-state index in [-0.39, 0.29) is 17.0 Å². The van der Waals surface area contributed by atoms with E-state index in [4.69, 9.17) is 21.8 Å². The van der Waals surface area contributed by atoms with Crippen LogP contribution in [0, 0.1) is 0 Å². The Morgan fingerprint density at radius 3 is 2.46 bits per heavy atom. The Balaban J connectivity index is 3.41. The van der Waals surface area contributed by atoms with Gasteiger partial charge in [-0.3, -0.25) is 0 Å². The molecule has 0 aliphatic heterocycles. The van der Waals surface area contributed by atoms with Crippen molar-refractivity contribution in [1.82, 2.24) is 0 Å². The molecule has 0 saturated carbocycles. The lowest BCUT2D eigenvalue weighted by atomic mass is 10.1. The minimum Gasteiger partial charge on any atom is -0.504 e. The summed E-state index contributed by atoms with van der Waals surface area (Å²) in [6.45, 7) is 0. The average Bonchev–Trinajstić information content (AvgIpc) is 2.08. The van der Waals surface area contributed by atoms with Crippen LogP contribution in [0.15, 0.2) is 12.1 Å². The van der Waals surface area contributed by atoms with Crippen molar-refractivity contribution in [2.75, 3.05) is 0 Å². The highest BCUT2D eigenvalue weighted by Gasteiger charge is 2.17. The summed E-state index contributed by atoms with van der Waals surface area (Å²) in [6, 6.07) is 2.55. The van der Waals surface area contributed by atoms with E-state index in [1.54, 1.807) is 0 Å². The largest absolute Gasteiger partial charge is 0.504 e. The molecule has 0 spiro atoms. The smallest absolute Gasteiger partial charge is 0.339 e. The molecule has 1 rings (SSSR count). The van der Waals surface area contributed by atoms with Crippen molar-refractivity contribution < 1.29 is 20.1 Å². The van der Waals surface area contributed by atoms with Gasteiger partial charge in [0, 0.05) is 5.88 Å². The normalized spacial score (nSPS) is 9.92. The summed E-state index contributed by atoms with van der Waals surface area (Å²) in [5.74, 6) is -2.46. The number of hydrogen-bond donors (Lipinski definition) is 3. The standard InChI is InChI=1S/C8H7ClO4/c9-3-4-1-2-5(10)7(11)6(4)8(12)13/h1-2,10-11H,3H2,(H,12,13). The van der Waals surface area contributed by atoms with Crippen LogP contribution in [0.1, 0.15) is 15.9 Å². The van der Waals surface area contributed by atoms with Gasteiger partial charge in [0.05, 0.1) is 0 Å². The van der Waals surface area contributed by atoms with E-state index < -0.39 is 17.5 Å². The molecule has 0 bridgehead atoms. The maximum Gasteiger partial charge on any atom is 0.339 e. The molecule has 0 radical (unpaired) electrons. The van der Waals surface area contributed by atoms with Crippen LogP contribution in [-0.2, 0) is 5.88 Å². The van der Waals surface area contributed by atoms with Crippen molar-refractivity contribution in [2.45, 2.75) is 5.88 Å². The van der Waals surface area contributed by atoms with Gasteiger partial charge >= 0.3 is 5.97 Å². The molecule has 5 heteroatoms. The van der Waals surface area contributed by atoms with E-state index >= 15 is 0 Å². The molecule has 3 N–H and O–H groups in total. The molecule has 0 aromatic heterocycles. The summed E-state index contributed by atoms with van der Waals surface area (Å²) in [6.07, 6.45) is 0. The number of carbonyl (C=O) groups is 1. The van der Waals surface area contributed by atoms with Crippen LogP contribution >= 0.6 is 11.6 Å². The van der Waals surface area contributed by atoms with Gasteiger partial charge in [-0.2, -0.15) is 0 Å². The minimum atomic E-state index is -1.32. The summed E-state index contributed by atoms with van der Waals surface area (Å²) < 4.78 is 0. The number of hydrogen-bond acceptors (Lipinski definition) is 3. The molecule has 0 aliphatic carbocycles. The Bertz CT molecular complexity index is 348. The fourth-order valence-electron chi connectivity index (χ4n) is 0.972. The van der Waals surface area contributed by atoms with Crippen LogP contribution < -0.4 is 0 Å². The molecule has 0 amide bonds. The third-order valence-corrected chi connectivity index (χ3v) is 1.89. The lowest BCUT2D eigenvalue weighted by Gasteiger charge is -2.05. The zero-order valence-corrected chi connectivity index (χ0v) is 7.25. The van der Waals surface area contributed by atoms with Crippen LogP contribution in [0.2, 0.25) is 0 Å². The number of rotatable bonds is 2. The SMILES string of the molecule is O=C(O)c1c(CCl)ccc(O)c1O. The molecule has 1 aromatic carbocycles. The molecule has 0 saturated heterocycles. The first-order valence-corrected chi connectivity index (χ1v) is 3.94. The second-order valence-corrected chi connectivity index (χ2v) is 2.67. The van der Waals surface area contributed by atoms with Crippen LogP contribution in [0.3, 0.4) is 0 Å². The molecule has 13 heavy (non-hydrogen) atoms. The van der Waals surface area contributed by atoms with Gasteiger partial charge in [0.1, 0.15) is 5.56 Å². The molecule has 0 heterocycles. The predicted molar refractivity (Wildman–Crippen MR) is 46.3 cm³/mol. The fourth-order valence-corrected chi connectivity index (χ4v) is 1.19. The molecule has 0 unspecified atom stereocenters. The number of alkyl halides is 1. The van der Waals surface area contributed by atoms with Crippen molar-refractivity contribution in [1.29, 1.82) is 0 Å². The van der Waals surface area contributed by atoms with Crippen molar-refractivity contribution in [2.24, 2.45) is 0 Å². The maximum atomic E-state index is 10.6. The molecule has 1 aromatic rings. The Morgan fingerprint density at radius 2 is 2.00 bits per heavy atom. The van der Waals surface area contributed by atoms with Gasteiger partial charge in [-0.1, -0.05) is 6.07 Å². The number of aromatic carboxylic acids is 1. The predicted octanol–water partition coefficient (Wildman–Crippen LogP) is 1.53. The summed E-state index contributed by atoms with van der Waals surface area (Å²) in [5, 5.41) is 26.9. The number of benzene rings is 1. The number of phenols is 2. The Kier molecular flexibility index (Phi) is 2.63. The average molecular weight is 203 g/mol. The molecule has 0 fully saturated rings. The lowest BCUT2D eigenvalue weighted by molar-refractivity contribution is 0.0692. The summed E-state index contributed by atoms with van der Waals surface area (Å²) in [5.41, 5.74) is -0.0838. The number of carboxylic acids is 1. The van der Waals surface area contributed by atoms with Crippen LogP contribution in [-0.4, -0.2) is 21.3 Å². The zero-order valence-electron chi connectivity index (χ0n) is 6.49.